The number of halogens is 3. The minimum Gasteiger partial charge on any atom is -0.475 e. The Bertz CT molecular complexity index is 1170. The molecule has 0 saturated heterocycles. The van der Waals surface area contributed by atoms with Crippen molar-refractivity contribution in [3.63, 3.8) is 0 Å². The number of unbranched alkanes of at least 4 members (excludes halogenated alkanes) is 1. The number of carboxylic acids is 1. The van der Waals surface area contributed by atoms with Crippen LogP contribution < -0.4 is 38.9 Å². The number of aliphatic carboxylic acids is 1. The van der Waals surface area contributed by atoms with Crippen LogP contribution >= 0.6 is 0 Å². The van der Waals surface area contributed by atoms with Crippen molar-refractivity contribution in [1.29, 1.82) is 5.41 Å². The molecular weight excluding hydrogens is 591 g/mol. The van der Waals surface area contributed by atoms with Crippen molar-refractivity contribution in [3.8, 4) is 0 Å². The first-order valence-corrected chi connectivity index (χ1v) is 13.3. The molecule has 0 aromatic heterocycles. The van der Waals surface area contributed by atoms with Crippen LogP contribution in [0.3, 0.4) is 0 Å². The van der Waals surface area contributed by atoms with Gasteiger partial charge < -0.3 is 44.0 Å². The van der Waals surface area contributed by atoms with Crippen molar-refractivity contribution in [2.75, 3.05) is 13.6 Å². The summed E-state index contributed by atoms with van der Waals surface area (Å²) in [4.78, 5) is 63.4. The molecule has 0 saturated carbocycles. The Morgan fingerprint density at radius 2 is 1.43 bits per heavy atom. The molecule has 0 aliphatic rings. The second kappa shape index (κ2) is 19.3. The standard InChI is InChI=1S/C24H39N9O4.C2HF3O2/c1-3-4-6-18(23(37)32-17(20(27)34)7-5-12-31-24(28)29)33-22(36)16(21(35)30-2)13-14-8-10-15(11-9-14)19(25)26;3-2(4,5)1(6)7/h8-11,16-18H,3-7,12-13H2,1-2H3,(H3,25,26)(H2,27,34)(H,30,35)(H,32,37)(H,33,36)(H4,28,29,31);(H,6,7)/t16?,17-,18?;/m0./s1. The largest absolute Gasteiger partial charge is 0.490 e. The van der Waals surface area contributed by atoms with Crippen LogP contribution in [0.1, 0.15) is 50.2 Å². The van der Waals surface area contributed by atoms with Gasteiger partial charge in [0.05, 0.1) is 0 Å². The van der Waals surface area contributed by atoms with Gasteiger partial charge in [-0.2, -0.15) is 13.2 Å². The highest BCUT2D eigenvalue weighted by molar-refractivity contribution is 6.02. The molecule has 15 nitrogen and oxygen atoms in total. The summed E-state index contributed by atoms with van der Waals surface area (Å²) < 4.78 is 31.7. The number of benzene rings is 1. The molecule has 13 N–H and O–H groups in total. The number of alkyl halides is 3. The van der Waals surface area contributed by atoms with E-state index in [1.165, 1.54) is 7.05 Å². The third kappa shape index (κ3) is 15.4. The summed E-state index contributed by atoms with van der Waals surface area (Å²) in [5.41, 5.74) is 22.7. The number of nitrogens with one attached hydrogen (secondary N) is 4. The molecule has 1 aromatic rings. The number of carbonyl (C=O) groups excluding carboxylic acids is 4. The summed E-state index contributed by atoms with van der Waals surface area (Å²) in [6.07, 6.45) is -2.70. The van der Waals surface area contributed by atoms with E-state index in [0.717, 1.165) is 6.42 Å². The fourth-order valence-electron chi connectivity index (χ4n) is 3.55. The highest BCUT2D eigenvalue weighted by Gasteiger charge is 2.38. The number of hydrogen-bond donors (Lipinski definition) is 9. The number of hydrogen-bond acceptors (Lipinski definition) is 7. The van der Waals surface area contributed by atoms with Crippen LogP contribution in [0.5, 0.6) is 0 Å². The monoisotopic (exact) mass is 631 g/mol. The predicted octanol–water partition coefficient (Wildman–Crippen LogP) is -0.793. The fraction of sp³-hybridized carbons (Fsp3) is 0.500. The third-order valence-electron chi connectivity index (χ3n) is 5.91. The van der Waals surface area contributed by atoms with Crippen molar-refractivity contribution in [2.45, 2.75) is 63.7 Å². The molecule has 18 heteroatoms. The molecule has 3 atom stereocenters. The van der Waals surface area contributed by atoms with E-state index < -0.39 is 53.8 Å². The SMILES string of the molecule is CCCCC(NC(=O)C(Cc1ccc(C(=N)N)cc1)C(=O)NC)C(=O)N[C@@H](CCCN=C(N)N)C(N)=O.O=C(O)C(F)(F)F. The smallest absolute Gasteiger partial charge is 0.475 e. The van der Waals surface area contributed by atoms with E-state index in [1.54, 1.807) is 24.3 Å². The molecular formula is C26H40F3N9O6. The maximum atomic E-state index is 13.2. The number of carbonyl (C=O) groups is 5. The molecule has 2 unspecified atom stereocenters. The van der Waals surface area contributed by atoms with Crippen LogP contribution in [0.15, 0.2) is 29.3 Å². The van der Waals surface area contributed by atoms with E-state index in [-0.39, 0.29) is 31.2 Å². The van der Waals surface area contributed by atoms with Gasteiger partial charge in [-0.3, -0.25) is 29.6 Å². The van der Waals surface area contributed by atoms with E-state index in [1.807, 2.05) is 6.92 Å². The molecule has 0 heterocycles. The zero-order chi connectivity index (χ0) is 34.0. The van der Waals surface area contributed by atoms with Gasteiger partial charge in [0.25, 0.3) is 0 Å². The van der Waals surface area contributed by atoms with Crippen molar-refractivity contribution in [3.05, 3.63) is 35.4 Å². The maximum absolute atomic E-state index is 13.2. The van der Waals surface area contributed by atoms with Crippen LogP contribution in [-0.4, -0.2) is 78.4 Å². The molecule has 0 aliphatic heterocycles. The summed E-state index contributed by atoms with van der Waals surface area (Å²) >= 11 is 0. The molecule has 0 fully saturated rings. The number of amidine groups is 1. The van der Waals surface area contributed by atoms with E-state index in [0.29, 0.717) is 30.4 Å². The Morgan fingerprint density at radius 1 is 0.909 bits per heavy atom. The van der Waals surface area contributed by atoms with Gasteiger partial charge in [0.15, 0.2) is 5.96 Å². The number of aliphatic imine (C=N–C) groups is 1. The Labute approximate surface area is 251 Å². The first kappa shape index (κ1) is 39.1. The van der Waals surface area contributed by atoms with Gasteiger partial charge >= 0.3 is 12.1 Å². The second-order valence-corrected chi connectivity index (χ2v) is 9.40. The molecule has 246 valence electrons. The lowest BCUT2D eigenvalue weighted by atomic mass is 9.95. The molecule has 0 radical (unpaired) electrons. The number of carboxylic acid groups (broad SMARTS) is 1. The molecule has 1 rings (SSSR count). The van der Waals surface area contributed by atoms with E-state index in [9.17, 15) is 32.3 Å². The zero-order valence-corrected chi connectivity index (χ0v) is 24.4. The third-order valence-corrected chi connectivity index (χ3v) is 5.91. The summed E-state index contributed by atoms with van der Waals surface area (Å²) in [6.45, 7) is 2.20. The number of primary amides is 1. The molecule has 4 amide bonds. The number of guanidine groups is 1. The first-order valence-electron chi connectivity index (χ1n) is 13.3. The number of amides is 4. The van der Waals surface area contributed by atoms with Crippen LogP contribution in [0.4, 0.5) is 13.2 Å². The molecule has 44 heavy (non-hydrogen) atoms. The van der Waals surface area contributed by atoms with Crippen LogP contribution in [0.25, 0.3) is 0 Å². The van der Waals surface area contributed by atoms with Crippen LogP contribution in [0.2, 0.25) is 0 Å². The highest BCUT2D eigenvalue weighted by Crippen LogP contribution is 2.14. The van der Waals surface area contributed by atoms with Crippen LogP contribution in [0, 0.1) is 11.3 Å². The summed E-state index contributed by atoms with van der Waals surface area (Å²) in [5.74, 6) is -6.49. The van der Waals surface area contributed by atoms with Crippen LogP contribution in [-0.2, 0) is 30.4 Å². The summed E-state index contributed by atoms with van der Waals surface area (Å²) in [6, 6.07) is 4.68. The van der Waals surface area contributed by atoms with Crippen molar-refractivity contribution < 1.29 is 42.3 Å². The summed E-state index contributed by atoms with van der Waals surface area (Å²) in [7, 11) is 1.42. The maximum Gasteiger partial charge on any atom is 0.490 e. The lowest BCUT2D eigenvalue weighted by Gasteiger charge is -2.24. The van der Waals surface area contributed by atoms with Gasteiger partial charge in [0.1, 0.15) is 23.8 Å². The molecule has 0 spiro atoms. The minimum atomic E-state index is -5.08. The number of nitrogen functional groups attached to an aromatic ring is 1. The average Bonchev–Trinajstić information content (AvgIpc) is 2.94. The first-order chi connectivity index (χ1) is 20.4. The number of rotatable bonds is 16. The van der Waals surface area contributed by atoms with Gasteiger partial charge in [0.2, 0.25) is 23.6 Å². The predicted molar refractivity (Wildman–Crippen MR) is 155 cm³/mol. The lowest BCUT2D eigenvalue weighted by molar-refractivity contribution is -0.192. The number of nitrogens with two attached hydrogens (primary N) is 4. The zero-order valence-electron chi connectivity index (χ0n) is 24.4. The van der Waals surface area contributed by atoms with Gasteiger partial charge in [-0.05, 0) is 31.2 Å². The Morgan fingerprint density at radius 3 is 1.86 bits per heavy atom. The second-order valence-electron chi connectivity index (χ2n) is 9.40. The van der Waals surface area contributed by atoms with E-state index in [4.69, 9.17) is 38.2 Å². The van der Waals surface area contributed by atoms with Crippen molar-refractivity contribution in [1.82, 2.24) is 16.0 Å². The Balaban J connectivity index is 0.00000234. The van der Waals surface area contributed by atoms with Crippen molar-refractivity contribution >= 4 is 41.4 Å². The normalized spacial score (nSPS) is 12.7. The van der Waals surface area contributed by atoms with Gasteiger partial charge in [-0.15, -0.1) is 0 Å². The lowest BCUT2D eigenvalue weighted by Crippen LogP contribution is -2.54. The molecule has 1 aromatic carbocycles. The van der Waals surface area contributed by atoms with Gasteiger partial charge in [-0.25, -0.2) is 4.79 Å². The number of nitrogens with zero attached hydrogens (tertiary/aromatic N) is 1. The fourth-order valence-corrected chi connectivity index (χ4v) is 3.55. The quantitative estimate of drug-likeness (QED) is 0.0477. The van der Waals surface area contributed by atoms with E-state index in [2.05, 4.69) is 20.9 Å². The Kier molecular flexibility index (Phi) is 17.2. The average molecular weight is 632 g/mol. The molecule has 0 bridgehead atoms. The van der Waals surface area contributed by atoms with Gasteiger partial charge in [-0.1, -0.05) is 44.0 Å². The van der Waals surface area contributed by atoms with Gasteiger partial charge in [0, 0.05) is 19.2 Å². The van der Waals surface area contributed by atoms with Crippen molar-refractivity contribution in [2.24, 2.45) is 33.8 Å². The highest BCUT2D eigenvalue weighted by atomic mass is 19.4. The topological polar surface area (TPSA) is 282 Å². The van der Waals surface area contributed by atoms with E-state index >= 15 is 0 Å². The Hall–Kier alpha value is -4.90. The minimum absolute atomic E-state index is 0.0700. The molecule has 0 aliphatic carbocycles. The summed E-state index contributed by atoms with van der Waals surface area (Å²) in [5, 5.41) is 22.4.